The van der Waals surface area contributed by atoms with Gasteiger partial charge in [0, 0.05) is 0 Å². The van der Waals surface area contributed by atoms with E-state index < -0.39 is 16.1 Å². The SMILES string of the molecule is COc1ccc(S(=O)(=O)N2CC(C(=O)NC(C)c3ccc4c(c3)CCCC4)Oc3ccccc32)cc1. The summed E-state index contributed by atoms with van der Waals surface area (Å²) in [5.74, 6) is 0.553. The van der Waals surface area contributed by atoms with E-state index in [1.807, 2.05) is 6.92 Å². The Morgan fingerprint density at radius 2 is 1.75 bits per heavy atom. The molecular formula is C28H30N2O5S. The molecule has 0 aromatic heterocycles. The van der Waals surface area contributed by atoms with Crippen molar-refractivity contribution in [2.24, 2.45) is 0 Å². The average molecular weight is 507 g/mol. The number of sulfonamides is 1. The molecule has 2 aliphatic rings. The number of aryl methyl sites for hydroxylation is 2. The van der Waals surface area contributed by atoms with Gasteiger partial charge in [-0.05, 0) is 85.7 Å². The molecule has 0 bridgehead atoms. The molecule has 0 radical (unpaired) electrons. The molecule has 8 heteroatoms. The zero-order valence-electron chi connectivity index (χ0n) is 20.4. The van der Waals surface area contributed by atoms with Gasteiger partial charge in [-0.3, -0.25) is 9.10 Å². The number of fused-ring (bicyclic) bond motifs is 2. The normalized spacial score (nSPS) is 17.8. The Bertz CT molecular complexity index is 1370. The quantitative estimate of drug-likeness (QED) is 0.536. The van der Waals surface area contributed by atoms with Crippen molar-refractivity contribution >= 4 is 21.6 Å². The van der Waals surface area contributed by atoms with Crippen molar-refractivity contribution < 1.29 is 22.7 Å². The molecule has 0 spiro atoms. The summed E-state index contributed by atoms with van der Waals surface area (Å²) in [6, 6.07) is 19.2. The van der Waals surface area contributed by atoms with Crippen molar-refractivity contribution in [3.8, 4) is 11.5 Å². The van der Waals surface area contributed by atoms with Gasteiger partial charge < -0.3 is 14.8 Å². The third kappa shape index (κ3) is 4.65. The maximum Gasteiger partial charge on any atom is 0.264 e. The highest BCUT2D eigenvalue weighted by molar-refractivity contribution is 7.92. The Morgan fingerprint density at radius 1 is 1.03 bits per heavy atom. The van der Waals surface area contributed by atoms with E-state index in [4.69, 9.17) is 9.47 Å². The number of anilines is 1. The topological polar surface area (TPSA) is 84.9 Å². The van der Waals surface area contributed by atoms with Gasteiger partial charge in [0.25, 0.3) is 15.9 Å². The minimum atomic E-state index is -3.94. The lowest BCUT2D eigenvalue weighted by Gasteiger charge is -2.35. The van der Waals surface area contributed by atoms with E-state index in [1.54, 1.807) is 36.4 Å². The van der Waals surface area contributed by atoms with Gasteiger partial charge in [0.05, 0.1) is 30.3 Å². The predicted octanol–water partition coefficient (Wildman–Crippen LogP) is 4.41. The van der Waals surface area contributed by atoms with E-state index in [2.05, 4.69) is 23.5 Å². The number of ether oxygens (including phenoxy) is 2. The van der Waals surface area contributed by atoms with Crippen molar-refractivity contribution in [1.29, 1.82) is 0 Å². The highest BCUT2D eigenvalue weighted by Gasteiger charge is 2.37. The van der Waals surface area contributed by atoms with Gasteiger partial charge >= 0.3 is 0 Å². The molecule has 1 heterocycles. The lowest BCUT2D eigenvalue weighted by molar-refractivity contribution is -0.128. The van der Waals surface area contributed by atoms with Crippen LogP contribution in [0.1, 0.15) is 42.5 Å². The molecule has 2 unspecified atom stereocenters. The maximum atomic E-state index is 13.6. The standard InChI is InChI=1S/C28H30N2O5S/c1-19(21-12-11-20-7-3-4-8-22(20)17-21)29-28(31)27-18-30(25-9-5-6-10-26(25)35-27)36(32,33)24-15-13-23(34-2)14-16-24/h5-6,9-17,19,27H,3-4,7-8,18H2,1-2H3,(H,29,31). The number of rotatable bonds is 6. The van der Waals surface area contributed by atoms with Gasteiger partial charge in [-0.15, -0.1) is 0 Å². The van der Waals surface area contributed by atoms with Gasteiger partial charge in [-0.25, -0.2) is 8.42 Å². The first-order chi connectivity index (χ1) is 17.4. The third-order valence-electron chi connectivity index (χ3n) is 6.91. The summed E-state index contributed by atoms with van der Waals surface area (Å²) in [5.41, 5.74) is 4.16. The molecule has 3 aromatic carbocycles. The molecule has 0 saturated carbocycles. The number of methoxy groups -OCH3 is 1. The van der Waals surface area contributed by atoms with Crippen LogP contribution in [0.4, 0.5) is 5.69 Å². The van der Waals surface area contributed by atoms with Crippen LogP contribution in [-0.4, -0.2) is 34.1 Å². The van der Waals surface area contributed by atoms with E-state index in [0.29, 0.717) is 17.2 Å². The first-order valence-electron chi connectivity index (χ1n) is 12.2. The number of hydrogen-bond donors (Lipinski definition) is 1. The molecule has 5 rings (SSSR count). The fourth-order valence-electron chi connectivity index (χ4n) is 4.85. The van der Waals surface area contributed by atoms with Crippen molar-refractivity contribution in [2.75, 3.05) is 18.0 Å². The molecule has 1 amide bonds. The second-order valence-electron chi connectivity index (χ2n) is 9.25. The predicted molar refractivity (Wildman–Crippen MR) is 138 cm³/mol. The summed E-state index contributed by atoms with van der Waals surface area (Å²) in [6.45, 7) is 1.80. The van der Waals surface area contributed by atoms with Gasteiger partial charge in [-0.2, -0.15) is 0 Å². The second-order valence-corrected chi connectivity index (χ2v) is 11.1. The molecule has 1 aliphatic heterocycles. The molecule has 7 nitrogen and oxygen atoms in total. The summed E-state index contributed by atoms with van der Waals surface area (Å²) >= 11 is 0. The molecular weight excluding hydrogens is 476 g/mol. The van der Waals surface area contributed by atoms with Crippen LogP contribution < -0.4 is 19.1 Å². The van der Waals surface area contributed by atoms with Crippen molar-refractivity contribution in [2.45, 2.75) is 49.6 Å². The Morgan fingerprint density at radius 3 is 2.50 bits per heavy atom. The summed E-state index contributed by atoms with van der Waals surface area (Å²) < 4.78 is 39.6. The van der Waals surface area contributed by atoms with Gasteiger partial charge in [0.2, 0.25) is 0 Å². The number of amides is 1. The van der Waals surface area contributed by atoms with Crippen LogP contribution in [0, 0.1) is 0 Å². The lowest BCUT2D eigenvalue weighted by Crippen LogP contribution is -2.51. The summed E-state index contributed by atoms with van der Waals surface area (Å²) in [4.78, 5) is 13.4. The molecule has 0 fully saturated rings. The molecule has 3 aromatic rings. The summed E-state index contributed by atoms with van der Waals surface area (Å²) in [5, 5.41) is 3.03. The van der Waals surface area contributed by atoms with E-state index >= 15 is 0 Å². The van der Waals surface area contributed by atoms with Crippen LogP contribution in [0.5, 0.6) is 11.5 Å². The van der Waals surface area contributed by atoms with Crippen molar-refractivity contribution in [1.82, 2.24) is 5.32 Å². The third-order valence-corrected chi connectivity index (χ3v) is 8.70. The maximum absolute atomic E-state index is 13.6. The van der Waals surface area contributed by atoms with E-state index in [9.17, 15) is 13.2 Å². The van der Waals surface area contributed by atoms with Gasteiger partial charge in [-0.1, -0.05) is 30.3 Å². The zero-order chi connectivity index (χ0) is 25.3. The molecule has 188 valence electrons. The minimum Gasteiger partial charge on any atom is -0.497 e. The number of para-hydroxylation sites is 2. The zero-order valence-corrected chi connectivity index (χ0v) is 21.3. The molecule has 1 N–H and O–H groups in total. The van der Waals surface area contributed by atoms with Gasteiger partial charge in [0.1, 0.15) is 11.5 Å². The van der Waals surface area contributed by atoms with Crippen LogP contribution in [0.25, 0.3) is 0 Å². The Kier molecular flexibility index (Phi) is 6.62. The monoisotopic (exact) mass is 506 g/mol. The van der Waals surface area contributed by atoms with E-state index in [-0.39, 0.29) is 23.4 Å². The van der Waals surface area contributed by atoms with Crippen LogP contribution in [-0.2, 0) is 27.7 Å². The number of benzene rings is 3. The van der Waals surface area contributed by atoms with Crippen molar-refractivity contribution in [3.05, 3.63) is 83.4 Å². The number of nitrogens with one attached hydrogen (secondary N) is 1. The highest BCUT2D eigenvalue weighted by Crippen LogP contribution is 2.37. The van der Waals surface area contributed by atoms with Crippen molar-refractivity contribution in [3.63, 3.8) is 0 Å². The fraction of sp³-hybridized carbons (Fsp3) is 0.321. The van der Waals surface area contributed by atoms with Crippen LogP contribution in [0.3, 0.4) is 0 Å². The first kappa shape index (κ1) is 24.2. The number of carbonyl (C=O) groups excluding carboxylic acids is 1. The number of nitrogens with zero attached hydrogens (tertiary/aromatic N) is 1. The lowest BCUT2D eigenvalue weighted by atomic mass is 9.89. The van der Waals surface area contributed by atoms with Crippen LogP contribution >= 0.6 is 0 Å². The van der Waals surface area contributed by atoms with Gasteiger partial charge in [0.15, 0.2) is 6.10 Å². The fourth-order valence-corrected chi connectivity index (χ4v) is 6.33. The van der Waals surface area contributed by atoms with Crippen LogP contribution in [0.15, 0.2) is 71.6 Å². The summed E-state index contributed by atoms with van der Waals surface area (Å²) in [7, 11) is -2.42. The first-order valence-corrected chi connectivity index (χ1v) is 13.7. The van der Waals surface area contributed by atoms with E-state index in [0.717, 1.165) is 18.4 Å². The Balaban J connectivity index is 1.38. The molecule has 36 heavy (non-hydrogen) atoms. The second kappa shape index (κ2) is 9.85. The summed E-state index contributed by atoms with van der Waals surface area (Å²) in [6.07, 6.45) is 3.57. The average Bonchev–Trinajstić information content (AvgIpc) is 2.92. The largest absolute Gasteiger partial charge is 0.497 e. The molecule has 0 saturated heterocycles. The number of hydrogen-bond acceptors (Lipinski definition) is 5. The highest BCUT2D eigenvalue weighted by atomic mass is 32.2. The minimum absolute atomic E-state index is 0.113. The Labute approximate surface area is 212 Å². The molecule has 1 aliphatic carbocycles. The molecule has 2 atom stereocenters. The van der Waals surface area contributed by atoms with Crippen LogP contribution in [0.2, 0.25) is 0 Å². The Hall–Kier alpha value is -3.52. The smallest absolute Gasteiger partial charge is 0.264 e. The number of carbonyl (C=O) groups is 1. The van der Waals surface area contributed by atoms with E-state index in [1.165, 1.54) is 47.5 Å².